The van der Waals surface area contributed by atoms with Crippen LogP contribution in [0.15, 0.2) is 34.9 Å². The van der Waals surface area contributed by atoms with Gasteiger partial charge in [0, 0.05) is 16.7 Å². The van der Waals surface area contributed by atoms with Gasteiger partial charge in [-0.15, -0.1) is 0 Å². The van der Waals surface area contributed by atoms with Crippen molar-refractivity contribution in [1.82, 2.24) is 4.98 Å². The first-order chi connectivity index (χ1) is 9.51. The zero-order valence-corrected chi connectivity index (χ0v) is 13.3. The minimum absolute atomic E-state index is 0.121. The fourth-order valence-corrected chi connectivity index (χ4v) is 2.28. The standard InChI is InChI=1S/C14H13BrClFN2O/c1-8(9-3-4-13(20-2)11(17)5-9)19-12-6-10(15)7-18-14(12)16/h3-8,19H,1-2H3. The number of anilines is 1. The Morgan fingerprint density at radius 2 is 2.15 bits per heavy atom. The molecular formula is C14H13BrClFN2O. The number of methoxy groups -OCH3 is 1. The summed E-state index contributed by atoms with van der Waals surface area (Å²) >= 11 is 9.35. The average Bonchev–Trinajstić information content (AvgIpc) is 2.42. The Kier molecular flexibility index (Phi) is 4.83. The summed E-state index contributed by atoms with van der Waals surface area (Å²) in [5.74, 6) is -0.166. The van der Waals surface area contributed by atoms with Gasteiger partial charge in [0.25, 0.3) is 0 Å². The van der Waals surface area contributed by atoms with Crippen molar-refractivity contribution >= 4 is 33.2 Å². The van der Waals surface area contributed by atoms with E-state index in [1.807, 2.05) is 13.0 Å². The second-order valence-electron chi connectivity index (χ2n) is 4.25. The predicted molar refractivity (Wildman–Crippen MR) is 81.9 cm³/mol. The van der Waals surface area contributed by atoms with E-state index >= 15 is 0 Å². The molecule has 1 unspecified atom stereocenters. The summed E-state index contributed by atoms with van der Waals surface area (Å²) in [4.78, 5) is 4.03. The first-order valence-electron chi connectivity index (χ1n) is 5.92. The maximum atomic E-state index is 13.7. The van der Waals surface area contributed by atoms with E-state index in [2.05, 4.69) is 26.2 Å². The third-order valence-electron chi connectivity index (χ3n) is 2.85. The Morgan fingerprint density at radius 1 is 1.40 bits per heavy atom. The van der Waals surface area contributed by atoms with E-state index < -0.39 is 5.82 Å². The van der Waals surface area contributed by atoms with Crippen LogP contribution >= 0.6 is 27.5 Å². The van der Waals surface area contributed by atoms with Gasteiger partial charge in [-0.1, -0.05) is 17.7 Å². The Hall–Kier alpha value is -1.33. The van der Waals surface area contributed by atoms with Crippen molar-refractivity contribution < 1.29 is 9.13 Å². The molecule has 20 heavy (non-hydrogen) atoms. The molecule has 0 radical (unpaired) electrons. The van der Waals surface area contributed by atoms with Crippen LogP contribution in [0.2, 0.25) is 5.15 Å². The molecule has 0 aliphatic carbocycles. The maximum absolute atomic E-state index is 13.7. The van der Waals surface area contributed by atoms with Gasteiger partial charge in [0.2, 0.25) is 0 Å². The highest BCUT2D eigenvalue weighted by Crippen LogP contribution is 2.28. The summed E-state index contributed by atoms with van der Waals surface area (Å²) in [5, 5.41) is 3.57. The number of halogens is 3. The Labute approximate surface area is 130 Å². The molecule has 0 fully saturated rings. The molecule has 6 heteroatoms. The Morgan fingerprint density at radius 3 is 2.80 bits per heavy atom. The average molecular weight is 360 g/mol. The minimum Gasteiger partial charge on any atom is -0.494 e. The van der Waals surface area contributed by atoms with Crippen molar-refractivity contribution in [3.8, 4) is 5.75 Å². The molecule has 1 aromatic carbocycles. The predicted octanol–water partition coefficient (Wildman–Crippen LogP) is 4.82. The number of nitrogens with one attached hydrogen (secondary N) is 1. The van der Waals surface area contributed by atoms with Crippen LogP contribution < -0.4 is 10.1 Å². The largest absolute Gasteiger partial charge is 0.494 e. The van der Waals surface area contributed by atoms with Crippen molar-refractivity contribution in [1.29, 1.82) is 0 Å². The molecule has 0 spiro atoms. The number of hydrogen-bond donors (Lipinski definition) is 1. The van der Waals surface area contributed by atoms with E-state index in [9.17, 15) is 4.39 Å². The van der Waals surface area contributed by atoms with Crippen molar-refractivity contribution in [2.24, 2.45) is 0 Å². The summed E-state index contributed by atoms with van der Waals surface area (Å²) in [6.45, 7) is 1.92. The van der Waals surface area contributed by atoms with Crippen LogP contribution in [0.25, 0.3) is 0 Å². The molecule has 1 aromatic heterocycles. The maximum Gasteiger partial charge on any atom is 0.165 e. The first kappa shape index (κ1) is 15.1. The highest BCUT2D eigenvalue weighted by molar-refractivity contribution is 9.10. The van der Waals surface area contributed by atoms with Crippen LogP contribution in [0, 0.1) is 5.82 Å². The lowest BCUT2D eigenvalue weighted by atomic mass is 10.1. The Balaban J connectivity index is 2.21. The van der Waals surface area contributed by atoms with Gasteiger partial charge in [-0.05, 0) is 46.6 Å². The lowest BCUT2D eigenvalue weighted by Crippen LogP contribution is -2.08. The fourth-order valence-electron chi connectivity index (χ4n) is 1.79. The second-order valence-corrected chi connectivity index (χ2v) is 5.53. The van der Waals surface area contributed by atoms with Gasteiger partial charge in [-0.3, -0.25) is 0 Å². The van der Waals surface area contributed by atoms with Crippen LogP contribution in [-0.4, -0.2) is 12.1 Å². The third-order valence-corrected chi connectivity index (χ3v) is 3.59. The van der Waals surface area contributed by atoms with Crippen molar-refractivity contribution in [3.63, 3.8) is 0 Å². The molecule has 106 valence electrons. The Bertz CT molecular complexity index is 624. The molecule has 0 aliphatic rings. The minimum atomic E-state index is -0.392. The van der Waals surface area contributed by atoms with E-state index in [1.165, 1.54) is 13.2 Å². The van der Waals surface area contributed by atoms with Crippen molar-refractivity contribution in [2.75, 3.05) is 12.4 Å². The van der Waals surface area contributed by atoms with Crippen LogP contribution in [-0.2, 0) is 0 Å². The second kappa shape index (κ2) is 6.41. The normalized spacial score (nSPS) is 12.1. The molecule has 3 nitrogen and oxygen atoms in total. The molecular weight excluding hydrogens is 347 g/mol. The molecule has 0 bridgehead atoms. The van der Waals surface area contributed by atoms with Gasteiger partial charge >= 0.3 is 0 Å². The van der Waals surface area contributed by atoms with Gasteiger partial charge in [-0.2, -0.15) is 0 Å². The monoisotopic (exact) mass is 358 g/mol. The zero-order chi connectivity index (χ0) is 14.7. The number of pyridine rings is 1. The molecule has 1 heterocycles. The molecule has 1 N–H and O–H groups in total. The van der Waals surface area contributed by atoms with Gasteiger partial charge in [0.05, 0.1) is 12.8 Å². The smallest absolute Gasteiger partial charge is 0.165 e. The topological polar surface area (TPSA) is 34.1 Å². The molecule has 2 aromatic rings. The number of rotatable bonds is 4. The van der Waals surface area contributed by atoms with E-state index in [0.717, 1.165) is 10.0 Å². The van der Waals surface area contributed by atoms with E-state index in [1.54, 1.807) is 18.3 Å². The summed E-state index contributed by atoms with van der Waals surface area (Å²) in [5.41, 5.74) is 1.48. The van der Waals surface area contributed by atoms with E-state index in [0.29, 0.717) is 10.8 Å². The number of benzene rings is 1. The first-order valence-corrected chi connectivity index (χ1v) is 7.09. The highest BCUT2D eigenvalue weighted by atomic mass is 79.9. The number of aromatic nitrogens is 1. The number of nitrogens with zero attached hydrogens (tertiary/aromatic N) is 1. The van der Waals surface area contributed by atoms with Crippen LogP contribution in [0.4, 0.5) is 10.1 Å². The van der Waals surface area contributed by atoms with Crippen LogP contribution in [0.5, 0.6) is 5.75 Å². The van der Waals surface area contributed by atoms with Crippen LogP contribution in [0.3, 0.4) is 0 Å². The lowest BCUT2D eigenvalue weighted by Gasteiger charge is -2.17. The molecule has 0 saturated heterocycles. The van der Waals surface area contributed by atoms with E-state index in [4.69, 9.17) is 16.3 Å². The zero-order valence-electron chi connectivity index (χ0n) is 11.0. The lowest BCUT2D eigenvalue weighted by molar-refractivity contribution is 0.386. The number of ether oxygens (including phenoxy) is 1. The van der Waals surface area contributed by atoms with Crippen LogP contribution in [0.1, 0.15) is 18.5 Å². The SMILES string of the molecule is COc1ccc(C(C)Nc2cc(Br)cnc2Cl)cc1F. The summed E-state index contributed by atoms with van der Waals surface area (Å²) in [6.07, 6.45) is 1.62. The molecule has 2 rings (SSSR count). The van der Waals surface area contributed by atoms with Crippen molar-refractivity contribution in [3.05, 3.63) is 51.5 Å². The summed E-state index contributed by atoms with van der Waals surface area (Å²) in [7, 11) is 1.44. The quantitative estimate of drug-likeness (QED) is 0.795. The number of hydrogen-bond acceptors (Lipinski definition) is 3. The van der Waals surface area contributed by atoms with E-state index in [-0.39, 0.29) is 11.8 Å². The molecule has 0 aliphatic heterocycles. The summed E-state index contributed by atoms with van der Waals surface area (Å²) in [6, 6.07) is 6.55. The third kappa shape index (κ3) is 3.41. The van der Waals surface area contributed by atoms with Gasteiger partial charge in [0.1, 0.15) is 0 Å². The van der Waals surface area contributed by atoms with Gasteiger partial charge < -0.3 is 10.1 Å². The fraction of sp³-hybridized carbons (Fsp3) is 0.214. The molecule has 1 atom stereocenters. The molecule has 0 saturated carbocycles. The van der Waals surface area contributed by atoms with Gasteiger partial charge in [-0.25, -0.2) is 9.37 Å². The van der Waals surface area contributed by atoms with Gasteiger partial charge in [0.15, 0.2) is 16.7 Å². The molecule has 0 amide bonds. The highest BCUT2D eigenvalue weighted by Gasteiger charge is 2.11. The van der Waals surface area contributed by atoms with Crippen molar-refractivity contribution in [2.45, 2.75) is 13.0 Å². The summed E-state index contributed by atoms with van der Waals surface area (Å²) < 4.78 is 19.4.